The number of hydrogen-bond acceptors (Lipinski definition) is 1. The standard InChI is InChI=1S/C15H10F2N2/c1-2-19-14-8-4-3-5-11(14)18-15(19)9-6-7-10(16)12(8)13(9)17/h3-7H,2H2,1H3. The summed E-state index contributed by atoms with van der Waals surface area (Å²) in [5.74, 6) is -0.479. The number of halogens is 2. The molecule has 0 amide bonds. The second-order valence-corrected chi connectivity index (χ2v) is 4.64. The van der Waals surface area contributed by atoms with E-state index >= 15 is 0 Å². The first-order chi connectivity index (χ1) is 9.22. The largest absolute Gasteiger partial charge is 0.324 e. The number of hydrogen-bond donors (Lipinski definition) is 0. The van der Waals surface area contributed by atoms with Gasteiger partial charge >= 0.3 is 0 Å². The lowest BCUT2D eigenvalue weighted by molar-refractivity contribution is 0.591. The van der Waals surface area contributed by atoms with E-state index in [1.165, 1.54) is 12.1 Å². The van der Waals surface area contributed by atoms with Crippen molar-refractivity contribution in [2.24, 2.45) is 0 Å². The predicted octanol–water partition coefficient (Wildman–Crippen LogP) is 3.98. The van der Waals surface area contributed by atoms with Crippen LogP contribution in [-0.4, -0.2) is 9.55 Å². The van der Waals surface area contributed by atoms with Crippen LogP contribution in [0.25, 0.3) is 33.5 Å². The lowest BCUT2D eigenvalue weighted by atomic mass is 10.00. The normalized spacial score (nSPS) is 12.2. The van der Waals surface area contributed by atoms with E-state index in [0.717, 1.165) is 11.0 Å². The first-order valence-corrected chi connectivity index (χ1v) is 6.20. The smallest absolute Gasteiger partial charge is 0.144 e. The molecule has 2 heterocycles. The van der Waals surface area contributed by atoms with Gasteiger partial charge in [0.25, 0.3) is 0 Å². The molecule has 1 aromatic heterocycles. The topological polar surface area (TPSA) is 17.8 Å². The average molecular weight is 256 g/mol. The van der Waals surface area contributed by atoms with E-state index < -0.39 is 11.6 Å². The molecule has 0 saturated heterocycles. The van der Waals surface area contributed by atoms with Gasteiger partial charge in [-0.2, -0.15) is 0 Å². The van der Waals surface area contributed by atoms with Crippen molar-refractivity contribution in [3.63, 3.8) is 0 Å². The van der Waals surface area contributed by atoms with Gasteiger partial charge in [0.1, 0.15) is 17.5 Å². The van der Waals surface area contributed by atoms with Gasteiger partial charge in [-0.3, -0.25) is 0 Å². The second kappa shape index (κ2) is 3.41. The number of aromatic nitrogens is 2. The average Bonchev–Trinajstić information content (AvgIpc) is 2.75. The van der Waals surface area contributed by atoms with Crippen molar-refractivity contribution in [1.29, 1.82) is 0 Å². The number of para-hydroxylation sites is 1. The zero-order valence-electron chi connectivity index (χ0n) is 10.2. The summed E-state index contributed by atoms with van der Waals surface area (Å²) >= 11 is 0. The van der Waals surface area contributed by atoms with E-state index in [1.807, 2.05) is 17.6 Å². The lowest BCUT2D eigenvalue weighted by Gasteiger charge is -2.08. The molecule has 0 fully saturated rings. The van der Waals surface area contributed by atoms with Crippen LogP contribution in [0, 0.1) is 11.6 Å². The predicted molar refractivity (Wildman–Crippen MR) is 69.8 cm³/mol. The van der Waals surface area contributed by atoms with Gasteiger partial charge in [-0.1, -0.05) is 12.1 Å². The van der Waals surface area contributed by atoms with E-state index in [4.69, 9.17) is 0 Å². The van der Waals surface area contributed by atoms with Crippen LogP contribution in [0.1, 0.15) is 6.92 Å². The summed E-state index contributed by atoms with van der Waals surface area (Å²) in [7, 11) is 0. The SMILES string of the molecule is CCn1c2nc3cccc(c31)-c1c(F)ccc-2c1F. The molecule has 0 N–H and O–H groups in total. The molecule has 4 rings (SSSR count). The van der Waals surface area contributed by atoms with Crippen molar-refractivity contribution in [3.05, 3.63) is 42.0 Å². The zero-order valence-corrected chi connectivity index (χ0v) is 10.2. The van der Waals surface area contributed by atoms with Gasteiger partial charge in [0.15, 0.2) is 0 Å². The van der Waals surface area contributed by atoms with Crippen LogP contribution in [0.2, 0.25) is 0 Å². The summed E-state index contributed by atoms with van der Waals surface area (Å²) < 4.78 is 30.4. The van der Waals surface area contributed by atoms with Gasteiger partial charge in [-0.25, -0.2) is 13.8 Å². The maximum Gasteiger partial charge on any atom is 0.144 e. The first-order valence-electron chi connectivity index (χ1n) is 6.20. The van der Waals surface area contributed by atoms with Gasteiger partial charge in [0.05, 0.1) is 22.2 Å². The van der Waals surface area contributed by atoms with Crippen LogP contribution in [0.5, 0.6) is 0 Å². The number of imidazole rings is 1. The van der Waals surface area contributed by atoms with Crippen molar-refractivity contribution in [2.45, 2.75) is 13.5 Å². The third-order valence-electron chi connectivity index (χ3n) is 3.68. The van der Waals surface area contributed by atoms with Crippen molar-refractivity contribution in [3.8, 4) is 22.5 Å². The highest BCUT2D eigenvalue weighted by molar-refractivity contribution is 5.97. The van der Waals surface area contributed by atoms with Crippen LogP contribution in [0.4, 0.5) is 8.78 Å². The summed E-state index contributed by atoms with van der Waals surface area (Å²) in [4.78, 5) is 4.48. The van der Waals surface area contributed by atoms with E-state index in [2.05, 4.69) is 4.98 Å². The Morgan fingerprint density at radius 3 is 2.74 bits per heavy atom. The van der Waals surface area contributed by atoms with Crippen molar-refractivity contribution < 1.29 is 8.78 Å². The molecule has 0 atom stereocenters. The number of rotatable bonds is 1. The van der Waals surface area contributed by atoms with E-state index in [0.29, 0.717) is 23.5 Å². The monoisotopic (exact) mass is 256 g/mol. The molecule has 0 unspecified atom stereocenters. The lowest BCUT2D eigenvalue weighted by Crippen LogP contribution is -1.97. The highest BCUT2D eigenvalue weighted by atomic mass is 19.1. The Morgan fingerprint density at radius 1 is 1.11 bits per heavy atom. The molecule has 0 spiro atoms. The van der Waals surface area contributed by atoms with Gasteiger partial charge in [-0.05, 0) is 25.1 Å². The Balaban J connectivity index is 2.33. The molecule has 1 aliphatic heterocycles. The molecule has 94 valence electrons. The summed E-state index contributed by atoms with van der Waals surface area (Å²) in [5.41, 5.74) is 2.58. The van der Waals surface area contributed by atoms with Gasteiger partial charge in [0, 0.05) is 12.1 Å². The van der Waals surface area contributed by atoms with Crippen LogP contribution in [0.15, 0.2) is 30.3 Å². The van der Waals surface area contributed by atoms with Gasteiger partial charge in [-0.15, -0.1) is 0 Å². The van der Waals surface area contributed by atoms with Crippen LogP contribution >= 0.6 is 0 Å². The minimum absolute atomic E-state index is 0.0534. The fraction of sp³-hybridized carbons (Fsp3) is 0.133. The van der Waals surface area contributed by atoms with Crippen molar-refractivity contribution in [2.75, 3.05) is 0 Å². The van der Waals surface area contributed by atoms with Crippen LogP contribution in [-0.2, 0) is 6.54 Å². The Hall–Kier alpha value is -2.23. The molecule has 19 heavy (non-hydrogen) atoms. The Morgan fingerprint density at radius 2 is 1.95 bits per heavy atom. The Bertz CT molecular complexity index is 834. The summed E-state index contributed by atoms with van der Waals surface area (Å²) in [6.07, 6.45) is 0. The van der Waals surface area contributed by atoms with E-state index in [-0.39, 0.29) is 5.56 Å². The fourth-order valence-electron chi connectivity index (χ4n) is 2.87. The molecule has 3 aromatic rings. The zero-order chi connectivity index (χ0) is 13.1. The molecule has 0 aliphatic carbocycles. The molecule has 0 radical (unpaired) electrons. The summed E-state index contributed by atoms with van der Waals surface area (Å²) in [6, 6.07) is 8.17. The fourth-order valence-corrected chi connectivity index (χ4v) is 2.87. The minimum atomic E-state index is -0.529. The quantitative estimate of drug-likeness (QED) is 0.503. The highest BCUT2D eigenvalue weighted by Gasteiger charge is 2.27. The summed E-state index contributed by atoms with van der Waals surface area (Å²) in [6.45, 7) is 2.64. The third-order valence-corrected chi connectivity index (χ3v) is 3.68. The molecular weight excluding hydrogens is 246 g/mol. The third kappa shape index (κ3) is 1.16. The highest BCUT2D eigenvalue weighted by Crippen LogP contribution is 2.41. The number of benzene rings is 2. The first kappa shape index (κ1) is 10.7. The Kier molecular flexibility index (Phi) is 1.91. The molecule has 4 bridgehead atoms. The summed E-state index contributed by atoms with van der Waals surface area (Å²) in [5, 5.41) is 0. The molecular formula is C15H10F2N2. The number of nitrogens with zero attached hydrogens (tertiary/aromatic N) is 2. The van der Waals surface area contributed by atoms with E-state index in [1.54, 1.807) is 12.1 Å². The number of fused-ring (bicyclic) bond motifs is 5. The van der Waals surface area contributed by atoms with Crippen LogP contribution < -0.4 is 0 Å². The molecule has 2 aromatic carbocycles. The maximum absolute atomic E-state index is 14.5. The van der Waals surface area contributed by atoms with Crippen molar-refractivity contribution in [1.82, 2.24) is 9.55 Å². The van der Waals surface area contributed by atoms with Gasteiger partial charge < -0.3 is 4.57 Å². The Labute approximate surface area is 108 Å². The second-order valence-electron chi connectivity index (χ2n) is 4.64. The minimum Gasteiger partial charge on any atom is -0.324 e. The molecule has 1 aliphatic rings. The maximum atomic E-state index is 14.5. The van der Waals surface area contributed by atoms with Crippen molar-refractivity contribution >= 4 is 11.0 Å². The van der Waals surface area contributed by atoms with E-state index in [9.17, 15) is 8.78 Å². The molecule has 0 saturated carbocycles. The molecule has 2 nitrogen and oxygen atoms in total. The molecule has 4 heteroatoms. The van der Waals surface area contributed by atoms with Crippen LogP contribution in [0.3, 0.4) is 0 Å². The van der Waals surface area contributed by atoms with Gasteiger partial charge in [0.2, 0.25) is 0 Å². The number of aryl methyl sites for hydroxylation is 1.